The van der Waals surface area contributed by atoms with Crippen molar-refractivity contribution in [3.63, 3.8) is 0 Å². The molecule has 0 amide bonds. The van der Waals surface area contributed by atoms with Gasteiger partial charge >= 0.3 is 0 Å². The molecule has 4 N–H and O–H groups in total. The molecule has 16 heavy (non-hydrogen) atoms. The Balaban J connectivity index is 2.28. The summed E-state index contributed by atoms with van der Waals surface area (Å²) in [6, 6.07) is 7.85. The quantitative estimate of drug-likeness (QED) is 0.735. The van der Waals surface area contributed by atoms with Crippen molar-refractivity contribution >= 4 is 10.9 Å². The molecule has 0 unspecified atom stereocenters. The highest BCUT2D eigenvalue weighted by molar-refractivity contribution is 5.83. The highest BCUT2D eigenvalue weighted by atomic mass is 16.3. The number of hydrogen-bond donors (Lipinski definition) is 3. The lowest BCUT2D eigenvalue weighted by molar-refractivity contribution is 0.0522. The third-order valence-electron chi connectivity index (χ3n) is 3.02. The number of fused-ring (bicyclic) bond motifs is 1. The van der Waals surface area contributed by atoms with Crippen LogP contribution < -0.4 is 5.73 Å². The summed E-state index contributed by atoms with van der Waals surface area (Å²) in [7, 11) is 0. The van der Waals surface area contributed by atoms with E-state index in [2.05, 4.69) is 11.1 Å². The summed E-state index contributed by atoms with van der Waals surface area (Å²) >= 11 is 0. The van der Waals surface area contributed by atoms with Gasteiger partial charge in [0.05, 0.1) is 5.60 Å². The third kappa shape index (κ3) is 2.10. The van der Waals surface area contributed by atoms with E-state index in [0.29, 0.717) is 6.42 Å². The van der Waals surface area contributed by atoms with Crippen molar-refractivity contribution in [3.05, 3.63) is 36.0 Å². The molecule has 0 aliphatic rings. The molecule has 0 radical (unpaired) electrons. The average Bonchev–Trinajstić information content (AvgIpc) is 2.61. The Bertz CT molecular complexity index is 482. The first kappa shape index (κ1) is 11.2. The van der Waals surface area contributed by atoms with E-state index in [1.165, 1.54) is 5.39 Å². The monoisotopic (exact) mass is 218 g/mol. The lowest BCUT2D eigenvalue weighted by Gasteiger charge is -2.25. The van der Waals surface area contributed by atoms with Gasteiger partial charge in [-0.3, -0.25) is 0 Å². The van der Waals surface area contributed by atoms with Crippen LogP contribution in [0.3, 0.4) is 0 Å². The Morgan fingerprint density at radius 1 is 1.38 bits per heavy atom. The number of para-hydroxylation sites is 1. The fourth-order valence-electron chi connectivity index (χ4n) is 1.79. The van der Waals surface area contributed by atoms with Crippen molar-refractivity contribution in [1.82, 2.24) is 4.98 Å². The van der Waals surface area contributed by atoms with Gasteiger partial charge in [-0.05, 0) is 31.9 Å². The minimum Gasteiger partial charge on any atom is -0.389 e. The molecule has 0 aliphatic heterocycles. The highest BCUT2D eigenvalue weighted by Crippen LogP contribution is 2.21. The molecule has 2 aromatic rings. The van der Waals surface area contributed by atoms with E-state index in [-0.39, 0.29) is 6.04 Å². The van der Waals surface area contributed by atoms with Crippen molar-refractivity contribution < 1.29 is 5.11 Å². The van der Waals surface area contributed by atoms with Crippen LogP contribution in [-0.2, 0) is 6.42 Å². The zero-order valence-electron chi connectivity index (χ0n) is 9.70. The molecule has 1 aromatic heterocycles. The molecule has 3 heteroatoms. The van der Waals surface area contributed by atoms with Crippen LogP contribution in [0.25, 0.3) is 10.9 Å². The van der Waals surface area contributed by atoms with Gasteiger partial charge in [-0.15, -0.1) is 0 Å². The second-order valence-electron chi connectivity index (χ2n) is 4.82. The van der Waals surface area contributed by atoms with E-state index in [4.69, 9.17) is 5.73 Å². The SMILES string of the molecule is CC(C)(O)[C@@H](N)Cc1c[nH]c2ccccc12. The number of benzene rings is 1. The summed E-state index contributed by atoms with van der Waals surface area (Å²) in [6.07, 6.45) is 2.64. The van der Waals surface area contributed by atoms with Crippen molar-refractivity contribution in [2.75, 3.05) is 0 Å². The predicted octanol–water partition coefficient (Wildman–Crippen LogP) is 1.81. The molecule has 0 saturated heterocycles. The van der Waals surface area contributed by atoms with Gasteiger partial charge in [0.25, 0.3) is 0 Å². The van der Waals surface area contributed by atoms with Gasteiger partial charge in [-0.25, -0.2) is 0 Å². The lowest BCUT2D eigenvalue weighted by Crippen LogP contribution is -2.44. The van der Waals surface area contributed by atoms with Crippen LogP contribution in [0.15, 0.2) is 30.5 Å². The van der Waals surface area contributed by atoms with E-state index in [0.717, 1.165) is 11.1 Å². The van der Waals surface area contributed by atoms with Gasteiger partial charge in [0, 0.05) is 23.1 Å². The first-order chi connectivity index (χ1) is 7.48. The van der Waals surface area contributed by atoms with Crippen LogP contribution in [0.1, 0.15) is 19.4 Å². The van der Waals surface area contributed by atoms with Gasteiger partial charge in [0.15, 0.2) is 0 Å². The summed E-state index contributed by atoms with van der Waals surface area (Å²) in [6.45, 7) is 3.49. The fourth-order valence-corrected chi connectivity index (χ4v) is 1.79. The largest absolute Gasteiger partial charge is 0.389 e. The minimum absolute atomic E-state index is 0.258. The summed E-state index contributed by atoms with van der Waals surface area (Å²) in [5.74, 6) is 0. The number of aliphatic hydroxyl groups is 1. The molecule has 0 fully saturated rings. The Hall–Kier alpha value is -1.32. The molecule has 0 saturated carbocycles. The van der Waals surface area contributed by atoms with Gasteiger partial charge in [-0.1, -0.05) is 18.2 Å². The van der Waals surface area contributed by atoms with Crippen molar-refractivity contribution in [2.45, 2.75) is 31.9 Å². The standard InChI is InChI=1S/C13H18N2O/c1-13(2,16)12(14)7-9-8-15-11-6-4-3-5-10(9)11/h3-6,8,12,15-16H,7,14H2,1-2H3/t12-/m0/s1. The molecule has 0 bridgehead atoms. The number of aromatic amines is 1. The topological polar surface area (TPSA) is 62.0 Å². The number of aromatic nitrogens is 1. The first-order valence-corrected chi connectivity index (χ1v) is 5.51. The van der Waals surface area contributed by atoms with Gasteiger partial charge < -0.3 is 15.8 Å². The van der Waals surface area contributed by atoms with Crippen molar-refractivity contribution in [1.29, 1.82) is 0 Å². The van der Waals surface area contributed by atoms with Crippen LogP contribution in [0, 0.1) is 0 Å². The molecule has 1 heterocycles. The van der Waals surface area contributed by atoms with Crippen molar-refractivity contribution in [3.8, 4) is 0 Å². The first-order valence-electron chi connectivity index (χ1n) is 5.51. The summed E-state index contributed by atoms with van der Waals surface area (Å²) < 4.78 is 0. The van der Waals surface area contributed by atoms with Crippen LogP contribution in [-0.4, -0.2) is 21.7 Å². The average molecular weight is 218 g/mol. The maximum Gasteiger partial charge on any atom is 0.0745 e. The summed E-state index contributed by atoms with van der Waals surface area (Å²) in [5.41, 5.74) is 7.39. The van der Waals surface area contributed by atoms with Crippen LogP contribution >= 0.6 is 0 Å². The number of nitrogens with one attached hydrogen (secondary N) is 1. The molecular formula is C13H18N2O. The molecule has 86 valence electrons. The minimum atomic E-state index is -0.849. The highest BCUT2D eigenvalue weighted by Gasteiger charge is 2.23. The number of rotatable bonds is 3. The van der Waals surface area contributed by atoms with E-state index in [9.17, 15) is 5.11 Å². The third-order valence-corrected chi connectivity index (χ3v) is 3.02. The van der Waals surface area contributed by atoms with E-state index in [1.807, 2.05) is 24.4 Å². The maximum atomic E-state index is 9.82. The molecule has 1 aromatic carbocycles. The Morgan fingerprint density at radius 3 is 2.75 bits per heavy atom. The number of hydrogen-bond acceptors (Lipinski definition) is 2. The molecule has 3 nitrogen and oxygen atoms in total. The second kappa shape index (κ2) is 3.92. The van der Waals surface area contributed by atoms with Crippen LogP contribution in [0.4, 0.5) is 0 Å². The van der Waals surface area contributed by atoms with Gasteiger partial charge in [-0.2, -0.15) is 0 Å². The van der Waals surface area contributed by atoms with Crippen molar-refractivity contribution in [2.24, 2.45) is 5.73 Å². The molecule has 1 atom stereocenters. The van der Waals surface area contributed by atoms with Gasteiger partial charge in [0.2, 0.25) is 0 Å². The zero-order valence-corrected chi connectivity index (χ0v) is 9.70. The Labute approximate surface area is 95.3 Å². The second-order valence-corrected chi connectivity index (χ2v) is 4.82. The molecule has 0 aliphatic carbocycles. The van der Waals surface area contributed by atoms with Gasteiger partial charge in [0.1, 0.15) is 0 Å². The predicted molar refractivity (Wildman–Crippen MR) is 66.3 cm³/mol. The number of H-pyrrole nitrogens is 1. The summed E-state index contributed by atoms with van der Waals surface area (Å²) in [5, 5.41) is 11.0. The summed E-state index contributed by atoms with van der Waals surface area (Å²) in [4.78, 5) is 3.21. The Kier molecular flexibility index (Phi) is 2.74. The Morgan fingerprint density at radius 2 is 2.06 bits per heavy atom. The lowest BCUT2D eigenvalue weighted by atomic mass is 9.93. The number of nitrogens with two attached hydrogens (primary N) is 1. The molecular weight excluding hydrogens is 200 g/mol. The molecule has 0 spiro atoms. The smallest absolute Gasteiger partial charge is 0.0745 e. The van der Waals surface area contributed by atoms with Crippen LogP contribution in [0.5, 0.6) is 0 Å². The van der Waals surface area contributed by atoms with E-state index >= 15 is 0 Å². The fraction of sp³-hybridized carbons (Fsp3) is 0.385. The van der Waals surface area contributed by atoms with Crippen LogP contribution in [0.2, 0.25) is 0 Å². The molecule has 2 rings (SSSR count). The zero-order chi connectivity index (χ0) is 11.8. The van der Waals surface area contributed by atoms with E-state index < -0.39 is 5.60 Å². The maximum absolute atomic E-state index is 9.82. The van der Waals surface area contributed by atoms with E-state index in [1.54, 1.807) is 13.8 Å². The normalized spacial score (nSPS) is 14.2.